The van der Waals surface area contributed by atoms with E-state index < -0.39 is 0 Å². The van der Waals surface area contributed by atoms with Crippen LogP contribution in [-0.4, -0.2) is 32.3 Å². The molecule has 2 heterocycles. The standard InChI is InChI=1S/C17H20IN3/c18-12-20-10-14-6-7-15(11-20)17(14)21-9-8-16(19-21)13-4-2-1-3-5-13/h1-5,8-9,14-15,17H,6-7,10-12H2/t14-,15+,17?. The number of halogens is 1. The highest BCUT2D eigenvalue weighted by Gasteiger charge is 2.43. The Morgan fingerprint density at radius 2 is 1.76 bits per heavy atom. The summed E-state index contributed by atoms with van der Waals surface area (Å²) in [4.78, 5) is 2.60. The molecule has 4 rings (SSSR count). The zero-order valence-corrected chi connectivity index (χ0v) is 14.2. The molecule has 0 radical (unpaired) electrons. The molecule has 4 heteroatoms. The number of rotatable bonds is 3. The lowest BCUT2D eigenvalue weighted by molar-refractivity contribution is 0.127. The molecular weight excluding hydrogens is 373 g/mol. The first kappa shape index (κ1) is 13.8. The van der Waals surface area contributed by atoms with Gasteiger partial charge in [0.2, 0.25) is 0 Å². The van der Waals surface area contributed by atoms with Crippen LogP contribution in [0, 0.1) is 11.8 Å². The molecule has 0 amide bonds. The van der Waals surface area contributed by atoms with Crippen LogP contribution in [0.3, 0.4) is 0 Å². The number of nitrogens with zero attached hydrogens (tertiary/aromatic N) is 3. The van der Waals surface area contributed by atoms with E-state index in [4.69, 9.17) is 5.10 Å². The van der Waals surface area contributed by atoms with Crippen LogP contribution >= 0.6 is 22.6 Å². The number of hydrogen-bond donors (Lipinski definition) is 0. The van der Waals surface area contributed by atoms with E-state index in [0.29, 0.717) is 6.04 Å². The van der Waals surface area contributed by atoms with Gasteiger partial charge in [-0.25, -0.2) is 0 Å². The summed E-state index contributed by atoms with van der Waals surface area (Å²) in [5.41, 5.74) is 2.32. The monoisotopic (exact) mass is 393 g/mol. The molecule has 2 aromatic rings. The molecule has 1 aliphatic carbocycles. The van der Waals surface area contributed by atoms with Crippen LogP contribution in [0.5, 0.6) is 0 Å². The average Bonchev–Trinajstić information content (AvgIpc) is 3.10. The van der Waals surface area contributed by atoms with Crippen LogP contribution < -0.4 is 0 Å². The fraction of sp³-hybridized carbons (Fsp3) is 0.471. The zero-order chi connectivity index (χ0) is 14.2. The number of benzene rings is 1. The molecule has 1 saturated heterocycles. The quantitative estimate of drug-likeness (QED) is 0.449. The zero-order valence-electron chi connectivity index (χ0n) is 12.0. The molecule has 1 aliphatic heterocycles. The Labute approximate surface area is 139 Å². The van der Waals surface area contributed by atoms with Crippen molar-refractivity contribution in [3.05, 3.63) is 42.6 Å². The first-order chi connectivity index (χ1) is 10.3. The van der Waals surface area contributed by atoms with E-state index in [2.05, 4.69) is 74.8 Å². The fourth-order valence-corrected chi connectivity index (χ4v) is 4.64. The van der Waals surface area contributed by atoms with Crippen molar-refractivity contribution in [2.75, 3.05) is 17.6 Å². The SMILES string of the molecule is ICN1C[C@H]2CC[C@@H](C1)C2n1ccc(-c2ccccc2)n1. The molecule has 1 saturated carbocycles. The topological polar surface area (TPSA) is 21.1 Å². The predicted octanol–water partition coefficient (Wildman–Crippen LogP) is 3.83. The molecular formula is C17H20IN3. The highest BCUT2D eigenvalue weighted by molar-refractivity contribution is 14.1. The molecule has 1 aromatic heterocycles. The Morgan fingerprint density at radius 3 is 2.43 bits per heavy atom. The molecule has 3 nitrogen and oxygen atoms in total. The molecule has 3 atom stereocenters. The van der Waals surface area contributed by atoms with Gasteiger partial charge in [0.1, 0.15) is 0 Å². The summed E-state index contributed by atoms with van der Waals surface area (Å²) in [6, 6.07) is 13.3. The summed E-state index contributed by atoms with van der Waals surface area (Å²) in [6.07, 6.45) is 4.92. The van der Waals surface area contributed by atoms with Gasteiger partial charge in [0, 0.05) is 24.8 Å². The molecule has 1 unspecified atom stereocenters. The summed E-state index contributed by atoms with van der Waals surface area (Å²) < 4.78 is 3.42. The lowest BCUT2D eigenvalue weighted by Gasteiger charge is -2.37. The van der Waals surface area contributed by atoms with Crippen molar-refractivity contribution in [3.63, 3.8) is 0 Å². The van der Waals surface area contributed by atoms with Crippen molar-refractivity contribution < 1.29 is 0 Å². The van der Waals surface area contributed by atoms with Crippen LogP contribution in [0.4, 0.5) is 0 Å². The number of alkyl halides is 1. The molecule has 0 spiro atoms. The van der Waals surface area contributed by atoms with Crippen LogP contribution in [-0.2, 0) is 0 Å². The van der Waals surface area contributed by atoms with Crippen molar-refractivity contribution in [2.45, 2.75) is 18.9 Å². The number of piperidine rings is 1. The molecule has 2 aliphatic rings. The summed E-state index contributed by atoms with van der Waals surface area (Å²) >= 11 is 2.49. The number of fused-ring (bicyclic) bond motifs is 2. The van der Waals surface area contributed by atoms with Crippen molar-refractivity contribution in [1.82, 2.24) is 14.7 Å². The third-order valence-electron chi connectivity index (χ3n) is 5.01. The maximum absolute atomic E-state index is 4.89. The second-order valence-electron chi connectivity index (χ2n) is 6.29. The van der Waals surface area contributed by atoms with E-state index in [1.807, 2.05) is 0 Å². The number of likely N-dealkylation sites (tertiary alicyclic amines) is 1. The first-order valence-electron chi connectivity index (χ1n) is 7.74. The molecule has 0 N–H and O–H groups in total. The second kappa shape index (κ2) is 5.72. The van der Waals surface area contributed by atoms with Crippen LogP contribution in [0.15, 0.2) is 42.6 Å². The minimum atomic E-state index is 0.613. The average molecular weight is 393 g/mol. The Balaban J connectivity index is 1.59. The third kappa shape index (κ3) is 2.52. The van der Waals surface area contributed by atoms with E-state index in [1.54, 1.807) is 0 Å². The van der Waals surface area contributed by atoms with Gasteiger partial charge in [-0.1, -0.05) is 52.9 Å². The van der Waals surface area contributed by atoms with Crippen LogP contribution in [0.1, 0.15) is 18.9 Å². The van der Waals surface area contributed by atoms with Crippen molar-refractivity contribution in [2.24, 2.45) is 11.8 Å². The Morgan fingerprint density at radius 1 is 1.05 bits per heavy atom. The minimum absolute atomic E-state index is 0.613. The van der Waals surface area contributed by atoms with Gasteiger partial charge in [-0.3, -0.25) is 9.58 Å². The Kier molecular flexibility index (Phi) is 3.75. The fourth-order valence-electron chi connectivity index (χ4n) is 4.09. The van der Waals surface area contributed by atoms with Crippen LogP contribution in [0.2, 0.25) is 0 Å². The smallest absolute Gasteiger partial charge is 0.0923 e. The van der Waals surface area contributed by atoms with Gasteiger partial charge in [0.25, 0.3) is 0 Å². The highest BCUT2D eigenvalue weighted by atomic mass is 127. The van der Waals surface area contributed by atoms with Gasteiger partial charge in [-0.05, 0) is 30.7 Å². The maximum atomic E-state index is 4.89. The maximum Gasteiger partial charge on any atom is 0.0923 e. The first-order valence-corrected chi connectivity index (χ1v) is 9.26. The molecule has 110 valence electrons. The lowest BCUT2D eigenvalue weighted by atomic mass is 9.93. The predicted molar refractivity (Wildman–Crippen MR) is 93.4 cm³/mol. The molecule has 2 bridgehead atoms. The summed E-state index contributed by atoms with van der Waals surface area (Å²) in [7, 11) is 0. The highest BCUT2D eigenvalue weighted by Crippen LogP contribution is 2.45. The van der Waals surface area contributed by atoms with Gasteiger partial charge in [0.05, 0.1) is 16.3 Å². The largest absolute Gasteiger partial charge is 0.293 e. The number of hydrogen-bond acceptors (Lipinski definition) is 2. The Hall–Kier alpha value is -0.880. The van der Waals surface area contributed by atoms with Crippen LogP contribution in [0.25, 0.3) is 11.3 Å². The Bertz CT molecular complexity index is 596. The van der Waals surface area contributed by atoms with Gasteiger partial charge < -0.3 is 0 Å². The molecule has 2 fully saturated rings. The van der Waals surface area contributed by atoms with Gasteiger partial charge in [-0.2, -0.15) is 5.10 Å². The minimum Gasteiger partial charge on any atom is -0.293 e. The van der Waals surface area contributed by atoms with E-state index >= 15 is 0 Å². The van der Waals surface area contributed by atoms with E-state index in [0.717, 1.165) is 22.1 Å². The van der Waals surface area contributed by atoms with Gasteiger partial charge >= 0.3 is 0 Å². The molecule has 1 aromatic carbocycles. The van der Waals surface area contributed by atoms with E-state index in [-0.39, 0.29) is 0 Å². The summed E-state index contributed by atoms with van der Waals surface area (Å²) in [5.74, 6) is 1.56. The van der Waals surface area contributed by atoms with E-state index in [1.165, 1.54) is 31.5 Å². The van der Waals surface area contributed by atoms with E-state index in [9.17, 15) is 0 Å². The molecule has 21 heavy (non-hydrogen) atoms. The third-order valence-corrected chi connectivity index (χ3v) is 5.98. The normalized spacial score (nSPS) is 28.9. The summed E-state index contributed by atoms with van der Waals surface area (Å²) in [5, 5.41) is 4.89. The number of aromatic nitrogens is 2. The summed E-state index contributed by atoms with van der Waals surface area (Å²) in [6.45, 7) is 2.48. The van der Waals surface area contributed by atoms with Crippen molar-refractivity contribution in [3.8, 4) is 11.3 Å². The lowest BCUT2D eigenvalue weighted by Crippen LogP contribution is -2.42. The van der Waals surface area contributed by atoms with Gasteiger partial charge in [-0.15, -0.1) is 0 Å². The van der Waals surface area contributed by atoms with Crippen molar-refractivity contribution >= 4 is 22.6 Å². The van der Waals surface area contributed by atoms with Crippen molar-refractivity contribution in [1.29, 1.82) is 0 Å². The van der Waals surface area contributed by atoms with Gasteiger partial charge in [0.15, 0.2) is 0 Å². The second-order valence-corrected chi connectivity index (χ2v) is 6.97.